The SMILES string of the molecule is COc1cc(-n2ccc(C(=O)C3CNCCC3C(N)=O)n2)c(Cl)cn1. The van der Waals surface area contributed by atoms with Crippen molar-refractivity contribution in [3.8, 4) is 11.6 Å². The summed E-state index contributed by atoms with van der Waals surface area (Å²) in [5, 5.41) is 7.80. The number of Topliss-reactive ketones (excluding diaryl/α,β-unsaturated/α-hetero) is 1. The van der Waals surface area contributed by atoms with Gasteiger partial charge in [0.2, 0.25) is 11.8 Å². The van der Waals surface area contributed by atoms with E-state index in [1.807, 2.05) is 0 Å². The van der Waals surface area contributed by atoms with Crippen LogP contribution in [0.15, 0.2) is 24.5 Å². The molecule has 9 heteroatoms. The zero-order valence-electron chi connectivity index (χ0n) is 13.6. The average molecular weight is 364 g/mol. The first-order valence-electron chi connectivity index (χ1n) is 7.81. The zero-order chi connectivity index (χ0) is 18.0. The number of carbonyl (C=O) groups is 2. The van der Waals surface area contributed by atoms with Gasteiger partial charge in [-0.1, -0.05) is 11.6 Å². The molecule has 3 rings (SSSR count). The van der Waals surface area contributed by atoms with Gasteiger partial charge in [0.15, 0.2) is 5.78 Å². The van der Waals surface area contributed by atoms with Crippen molar-refractivity contribution in [2.45, 2.75) is 6.42 Å². The van der Waals surface area contributed by atoms with Gasteiger partial charge >= 0.3 is 0 Å². The number of nitrogens with zero attached hydrogens (tertiary/aromatic N) is 3. The van der Waals surface area contributed by atoms with Crippen molar-refractivity contribution in [1.82, 2.24) is 20.1 Å². The summed E-state index contributed by atoms with van der Waals surface area (Å²) in [5.74, 6) is -1.29. The fraction of sp³-hybridized carbons (Fsp3) is 0.375. The molecule has 0 spiro atoms. The molecule has 2 unspecified atom stereocenters. The molecule has 3 heterocycles. The molecule has 25 heavy (non-hydrogen) atoms. The molecule has 0 saturated carbocycles. The number of ketones is 1. The predicted molar refractivity (Wildman–Crippen MR) is 90.9 cm³/mol. The predicted octanol–water partition coefficient (Wildman–Crippen LogP) is 0.823. The molecule has 0 aromatic carbocycles. The number of piperidine rings is 1. The molecule has 132 valence electrons. The number of carbonyl (C=O) groups excluding carboxylic acids is 2. The Kier molecular flexibility index (Phi) is 5.00. The number of nitrogens with one attached hydrogen (secondary N) is 1. The molecule has 0 bridgehead atoms. The van der Waals surface area contributed by atoms with Gasteiger partial charge in [-0.05, 0) is 19.0 Å². The smallest absolute Gasteiger partial charge is 0.221 e. The van der Waals surface area contributed by atoms with Crippen molar-refractivity contribution in [3.63, 3.8) is 0 Å². The van der Waals surface area contributed by atoms with Crippen LogP contribution in [-0.2, 0) is 4.79 Å². The first kappa shape index (κ1) is 17.4. The third-order valence-corrected chi connectivity index (χ3v) is 4.58. The van der Waals surface area contributed by atoms with Gasteiger partial charge in [-0.3, -0.25) is 9.59 Å². The second-order valence-corrected chi connectivity index (χ2v) is 6.20. The second kappa shape index (κ2) is 7.20. The van der Waals surface area contributed by atoms with E-state index >= 15 is 0 Å². The largest absolute Gasteiger partial charge is 0.481 e. The van der Waals surface area contributed by atoms with E-state index in [1.54, 1.807) is 18.3 Å². The van der Waals surface area contributed by atoms with Crippen LogP contribution in [0.5, 0.6) is 5.88 Å². The molecule has 0 aliphatic carbocycles. The Morgan fingerprint density at radius 1 is 1.44 bits per heavy atom. The number of methoxy groups -OCH3 is 1. The van der Waals surface area contributed by atoms with E-state index < -0.39 is 17.7 Å². The standard InChI is InChI=1S/C16H18ClN5O3/c1-25-14-6-13(11(17)8-20-14)22-5-3-12(21-22)15(23)10-7-19-4-2-9(10)16(18)24/h3,5-6,8-10,19H,2,4,7H2,1H3,(H2,18,24). The van der Waals surface area contributed by atoms with Crippen LogP contribution in [0, 0.1) is 11.8 Å². The van der Waals surface area contributed by atoms with E-state index in [2.05, 4.69) is 15.4 Å². The molecule has 1 aliphatic rings. The number of ether oxygens (including phenoxy) is 1. The summed E-state index contributed by atoms with van der Waals surface area (Å²) in [6, 6.07) is 3.22. The maximum Gasteiger partial charge on any atom is 0.221 e. The Bertz CT molecular complexity index is 807. The van der Waals surface area contributed by atoms with E-state index in [-0.39, 0.29) is 11.5 Å². The molecular formula is C16H18ClN5O3. The van der Waals surface area contributed by atoms with E-state index in [9.17, 15) is 9.59 Å². The molecule has 2 aromatic rings. The number of amides is 1. The van der Waals surface area contributed by atoms with Gasteiger partial charge in [0.05, 0.1) is 29.9 Å². The molecule has 2 aromatic heterocycles. The molecule has 8 nitrogen and oxygen atoms in total. The summed E-state index contributed by atoms with van der Waals surface area (Å²) < 4.78 is 6.57. The lowest BCUT2D eigenvalue weighted by molar-refractivity contribution is -0.123. The highest BCUT2D eigenvalue weighted by molar-refractivity contribution is 6.32. The number of pyridine rings is 1. The number of nitrogens with two attached hydrogens (primary N) is 1. The minimum atomic E-state index is -0.517. The zero-order valence-corrected chi connectivity index (χ0v) is 14.4. The molecule has 0 radical (unpaired) electrons. The lowest BCUT2D eigenvalue weighted by Gasteiger charge is -2.28. The normalized spacial score (nSPS) is 20.2. The highest BCUT2D eigenvalue weighted by Gasteiger charge is 2.35. The van der Waals surface area contributed by atoms with Crippen molar-refractivity contribution in [3.05, 3.63) is 35.2 Å². The maximum atomic E-state index is 12.8. The monoisotopic (exact) mass is 363 g/mol. The fourth-order valence-corrected chi connectivity index (χ4v) is 3.14. The Hall–Kier alpha value is -2.45. The van der Waals surface area contributed by atoms with Crippen LogP contribution in [-0.4, -0.2) is 46.7 Å². The lowest BCUT2D eigenvalue weighted by atomic mass is 9.82. The second-order valence-electron chi connectivity index (χ2n) is 5.80. The number of halogens is 1. The quantitative estimate of drug-likeness (QED) is 0.761. The molecule has 3 N–H and O–H groups in total. The van der Waals surface area contributed by atoms with Crippen LogP contribution in [0.3, 0.4) is 0 Å². The van der Waals surface area contributed by atoms with Crippen molar-refractivity contribution in [2.24, 2.45) is 17.6 Å². The van der Waals surface area contributed by atoms with Crippen LogP contribution in [0.1, 0.15) is 16.9 Å². The Morgan fingerprint density at radius 3 is 2.96 bits per heavy atom. The highest BCUT2D eigenvalue weighted by atomic mass is 35.5. The minimum Gasteiger partial charge on any atom is -0.481 e. The van der Waals surface area contributed by atoms with Gasteiger partial charge < -0.3 is 15.8 Å². The van der Waals surface area contributed by atoms with Crippen molar-refractivity contribution < 1.29 is 14.3 Å². The van der Waals surface area contributed by atoms with Crippen LogP contribution < -0.4 is 15.8 Å². The summed E-state index contributed by atoms with van der Waals surface area (Å²) in [5.41, 5.74) is 6.24. The first-order chi connectivity index (χ1) is 12.0. The number of rotatable bonds is 5. The summed E-state index contributed by atoms with van der Waals surface area (Å²) in [7, 11) is 1.50. The maximum absolute atomic E-state index is 12.8. The number of aromatic nitrogens is 3. The van der Waals surface area contributed by atoms with E-state index in [4.69, 9.17) is 22.1 Å². The number of primary amides is 1. The minimum absolute atomic E-state index is 0.216. The van der Waals surface area contributed by atoms with Crippen molar-refractivity contribution in [1.29, 1.82) is 0 Å². The van der Waals surface area contributed by atoms with E-state index in [0.29, 0.717) is 36.1 Å². The van der Waals surface area contributed by atoms with E-state index in [0.717, 1.165) is 0 Å². The number of hydrogen-bond acceptors (Lipinski definition) is 6. The van der Waals surface area contributed by atoms with Gasteiger partial charge in [0.25, 0.3) is 0 Å². The van der Waals surface area contributed by atoms with Gasteiger partial charge in [-0.25, -0.2) is 9.67 Å². The van der Waals surface area contributed by atoms with Gasteiger partial charge in [-0.15, -0.1) is 0 Å². The molecule has 1 saturated heterocycles. The third-order valence-electron chi connectivity index (χ3n) is 4.29. The molecule has 1 aliphatic heterocycles. The molecule has 1 amide bonds. The van der Waals surface area contributed by atoms with Crippen LogP contribution >= 0.6 is 11.6 Å². The Morgan fingerprint density at radius 2 is 2.24 bits per heavy atom. The average Bonchev–Trinajstić information content (AvgIpc) is 3.11. The topological polar surface area (TPSA) is 112 Å². The van der Waals surface area contributed by atoms with Crippen molar-refractivity contribution >= 4 is 23.3 Å². The Labute approximate surface area is 149 Å². The molecular weight excluding hydrogens is 346 g/mol. The van der Waals surface area contributed by atoms with Gasteiger partial charge in [0, 0.05) is 24.7 Å². The molecule has 1 fully saturated rings. The third kappa shape index (κ3) is 3.49. The summed E-state index contributed by atoms with van der Waals surface area (Å²) in [6.07, 6.45) is 3.62. The fourth-order valence-electron chi connectivity index (χ4n) is 2.95. The summed E-state index contributed by atoms with van der Waals surface area (Å²) >= 11 is 6.15. The molecule has 2 atom stereocenters. The van der Waals surface area contributed by atoms with E-state index in [1.165, 1.54) is 18.0 Å². The Balaban J connectivity index is 1.88. The lowest BCUT2D eigenvalue weighted by Crippen LogP contribution is -2.46. The first-order valence-corrected chi connectivity index (χ1v) is 8.19. The van der Waals surface area contributed by atoms with Crippen LogP contribution in [0.25, 0.3) is 5.69 Å². The summed E-state index contributed by atoms with van der Waals surface area (Å²) in [4.78, 5) is 28.4. The van der Waals surface area contributed by atoms with Crippen LogP contribution in [0.4, 0.5) is 0 Å². The van der Waals surface area contributed by atoms with Crippen LogP contribution in [0.2, 0.25) is 5.02 Å². The summed E-state index contributed by atoms with van der Waals surface area (Å²) in [6.45, 7) is 1.07. The van der Waals surface area contributed by atoms with Gasteiger partial charge in [-0.2, -0.15) is 5.10 Å². The number of hydrogen-bond donors (Lipinski definition) is 2. The van der Waals surface area contributed by atoms with Crippen molar-refractivity contribution in [2.75, 3.05) is 20.2 Å². The van der Waals surface area contributed by atoms with Gasteiger partial charge in [0.1, 0.15) is 5.69 Å². The highest BCUT2D eigenvalue weighted by Crippen LogP contribution is 2.25.